The van der Waals surface area contributed by atoms with Crippen LogP contribution in [0.15, 0.2) is 36.4 Å². The quantitative estimate of drug-likeness (QED) is 0.635. The summed E-state index contributed by atoms with van der Waals surface area (Å²) >= 11 is 3.84. The molecule has 1 heterocycles. The van der Waals surface area contributed by atoms with E-state index < -0.39 is 11.8 Å². The van der Waals surface area contributed by atoms with Crippen LogP contribution in [0.25, 0.3) is 0 Å². The number of hydrogen-bond acceptors (Lipinski definition) is 4. The van der Waals surface area contributed by atoms with Crippen molar-refractivity contribution in [1.29, 1.82) is 0 Å². The van der Waals surface area contributed by atoms with Crippen LogP contribution in [0.4, 0.5) is 5.69 Å². The topological polar surface area (TPSA) is 58.2 Å². The second kappa shape index (κ2) is 8.62. The van der Waals surface area contributed by atoms with Crippen LogP contribution in [0.1, 0.15) is 29.4 Å². The molecule has 0 radical (unpaired) electrons. The Bertz CT molecular complexity index is 627. The number of benzene rings is 1. The first-order chi connectivity index (χ1) is 11.7. The van der Waals surface area contributed by atoms with Crippen molar-refractivity contribution in [2.24, 2.45) is 5.92 Å². The molecular formula is C18H22N2O2S2. The van der Waals surface area contributed by atoms with E-state index >= 15 is 0 Å². The number of rotatable bonds is 4. The minimum Gasteiger partial charge on any atom is -0.348 e. The van der Waals surface area contributed by atoms with Crippen LogP contribution in [0.3, 0.4) is 0 Å². The second-order valence-corrected chi connectivity index (χ2v) is 8.74. The Hall–Kier alpha value is -1.40. The number of allylic oxidation sites excluding steroid dienone is 2. The summed E-state index contributed by atoms with van der Waals surface area (Å²) in [7, 11) is 0. The van der Waals surface area contributed by atoms with Crippen molar-refractivity contribution in [2.75, 3.05) is 23.4 Å². The zero-order valence-corrected chi connectivity index (χ0v) is 15.1. The highest BCUT2D eigenvalue weighted by Crippen LogP contribution is 2.45. The molecule has 0 spiro atoms. The normalized spacial score (nSPS) is 20.8. The third-order valence-electron chi connectivity index (χ3n) is 4.17. The summed E-state index contributed by atoms with van der Waals surface area (Å²) in [6.07, 6.45) is 7.40. The summed E-state index contributed by atoms with van der Waals surface area (Å²) < 4.78 is 0.426. The van der Waals surface area contributed by atoms with E-state index in [1.54, 1.807) is 0 Å². The van der Waals surface area contributed by atoms with E-state index in [-0.39, 0.29) is 0 Å². The Morgan fingerprint density at radius 3 is 2.71 bits per heavy atom. The molecule has 1 aliphatic carbocycles. The highest BCUT2D eigenvalue weighted by molar-refractivity contribution is 8.19. The Morgan fingerprint density at radius 1 is 1.12 bits per heavy atom. The summed E-state index contributed by atoms with van der Waals surface area (Å²) in [5.74, 6) is 1.60. The monoisotopic (exact) mass is 362 g/mol. The molecule has 1 saturated heterocycles. The average molecular weight is 363 g/mol. The Kier molecular flexibility index (Phi) is 6.26. The van der Waals surface area contributed by atoms with E-state index in [1.807, 2.05) is 41.7 Å². The first-order valence-corrected chi connectivity index (χ1v) is 10.4. The first kappa shape index (κ1) is 17.4. The summed E-state index contributed by atoms with van der Waals surface area (Å²) in [4.78, 5) is 24.1. The highest BCUT2D eigenvalue weighted by Gasteiger charge is 2.20. The van der Waals surface area contributed by atoms with Gasteiger partial charge in [-0.2, -0.15) is 0 Å². The standard InChI is InChI=1S/C18H22N2O2S2/c21-16(19-12-13-5-2-1-3-6-13)17(22)20-15-8-4-7-14(11-15)18-23-9-10-24-18/h1-2,4,7-8,11,13,18H,3,5-6,9-10,12H2,(H,19,21)(H,20,22). The number of hydrogen-bond donors (Lipinski definition) is 2. The molecule has 3 rings (SSSR count). The van der Waals surface area contributed by atoms with Gasteiger partial charge in [-0.15, -0.1) is 23.5 Å². The molecule has 24 heavy (non-hydrogen) atoms. The number of thioether (sulfide) groups is 2. The van der Waals surface area contributed by atoms with Crippen LogP contribution in [0.2, 0.25) is 0 Å². The van der Waals surface area contributed by atoms with E-state index in [4.69, 9.17) is 0 Å². The molecule has 1 aromatic rings. The molecule has 2 amide bonds. The summed E-state index contributed by atoms with van der Waals surface area (Å²) in [5.41, 5.74) is 1.87. The van der Waals surface area contributed by atoms with Crippen LogP contribution in [0.5, 0.6) is 0 Å². The molecule has 0 bridgehead atoms. The highest BCUT2D eigenvalue weighted by atomic mass is 32.2. The molecule has 2 aliphatic rings. The minimum absolute atomic E-state index is 0.426. The van der Waals surface area contributed by atoms with Crippen LogP contribution in [-0.4, -0.2) is 29.9 Å². The molecular weight excluding hydrogens is 340 g/mol. The van der Waals surface area contributed by atoms with E-state index in [9.17, 15) is 9.59 Å². The molecule has 1 aromatic carbocycles. The van der Waals surface area contributed by atoms with Gasteiger partial charge in [0.1, 0.15) is 0 Å². The lowest BCUT2D eigenvalue weighted by Gasteiger charge is -2.18. The van der Waals surface area contributed by atoms with Gasteiger partial charge in [-0.05, 0) is 42.9 Å². The van der Waals surface area contributed by atoms with Crippen LogP contribution >= 0.6 is 23.5 Å². The second-order valence-electron chi connectivity index (χ2n) is 6.01. The number of nitrogens with one attached hydrogen (secondary N) is 2. The van der Waals surface area contributed by atoms with Crippen molar-refractivity contribution < 1.29 is 9.59 Å². The lowest BCUT2D eigenvalue weighted by molar-refractivity contribution is -0.136. The van der Waals surface area contributed by atoms with Gasteiger partial charge in [0.25, 0.3) is 0 Å². The van der Waals surface area contributed by atoms with Gasteiger partial charge < -0.3 is 10.6 Å². The molecule has 4 nitrogen and oxygen atoms in total. The van der Waals surface area contributed by atoms with Crippen LogP contribution in [0, 0.1) is 5.92 Å². The predicted octanol–water partition coefficient (Wildman–Crippen LogP) is 3.58. The summed E-state index contributed by atoms with van der Waals surface area (Å²) in [6, 6.07) is 7.79. The lowest BCUT2D eigenvalue weighted by atomic mass is 9.94. The van der Waals surface area contributed by atoms with Crippen molar-refractivity contribution in [2.45, 2.75) is 23.8 Å². The fourth-order valence-electron chi connectivity index (χ4n) is 2.86. The van der Waals surface area contributed by atoms with E-state index in [2.05, 4.69) is 28.9 Å². The Balaban J connectivity index is 1.51. The van der Waals surface area contributed by atoms with Crippen LogP contribution < -0.4 is 10.6 Å². The van der Waals surface area contributed by atoms with E-state index in [0.29, 0.717) is 22.7 Å². The van der Waals surface area contributed by atoms with Gasteiger partial charge in [-0.3, -0.25) is 9.59 Å². The molecule has 1 fully saturated rings. The number of carbonyl (C=O) groups excluding carboxylic acids is 2. The largest absolute Gasteiger partial charge is 0.348 e. The maximum atomic E-state index is 12.1. The third kappa shape index (κ3) is 4.80. The number of amides is 2. The van der Waals surface area contributed by atoms with Gasteiger partial charge in [0, 0.05) is 23.7 Å². The molecule has 128 valence electrons. The number of anilines is 1. The Morgan fingerprint density at radius 2 is 1.96 bits per heavy atom. The van der Waals surface area contributed by atoms with Crippen molar-refractivity contribution >= 4 is 41.0 Å². The van der Waals surface area contributed by atoms with Gasteiger partial charge in [-0.25, -0.2) is 0 Å². The zero-order chi connectivity index (χ0) is 16.8. The maximum Gasteiger partial charge on any atom is 0.313 e. The molecule has 1 aliphatic heterocycles. The maximum absolute atomic E-state index is 12.1. The smallest absolute Gasteiger partial charge is 0.313 e. The molecule has 1 atom stereocenters. The lowest BCUT2D eigenvalue weighted by Crippen LogP contribution is -2.38. The summed E-state index contributed by atoms with van der Waals surface area (Å²) in [6.45, 7) is 0.561. The number of carbonyl (C=O) groups is 2. The fraction of sp³-hybridized carbons (Fsp3) is 0.444. The van der Waals surface area contributed by atoms with E-state index in [1.165, 1.54) is 5.56 Å². The van der Waals surface area contributed by atoms with Gasteiger partial charge in [0.05, 0.1) is 4.58 Å². The molecule has 2 N–H and O–H groups in total. The van der Waals surface area contributed by atoms with Crippen molar-refractivity contribution in [3.05, 3.63) is 42.0 Å². The van der Waals surface area contributed by atoms with Gasteiger partial charge in [0.15, 0.2) is 0 Å². The molecule has 6 heteroatoms. The van der Waals surface area contributed by atoms with Gasteiger partial charge in [0.2, 0.25) is 0 Å². The molecule has 0 aromatic heterocycles. The summed E-state index contributed by atoms with van der Waals surface area (Å²) in [5, 5.41) is 5.46. The van der Waals surface area contributed by atoms with Crippen LogP contribution in [-0.2, 0) is 9.59 Å². The minimum atomic E-state index is -0.592. The van der Waals surface area contributed by atoms with Crippen molar-refractivity contribution in [3.63, 3.8) is 0 Å². The SMILES string of the molecule is O=C(NCC1CC=CCC1)C(=O)Nc1cccc(C2SCCS2)c1. The van der Waals surface area contributed by atoms with Crippen molar-refractivity contribution in [3.8, 4) is 0 Å². The average Bonchev–Trinajstić information content (AvgIpc) is 3.15. The van der Waals surface area contributed by atoms with Crippen molar-refractivity contribution in [1.82, 2.24) is 5.32 Å². The third-order valence-corrected chi connectivity index (χ3v) is 7.28. The predicted molar refractivity (Wildman–Crippen MR) is 102 cm³/mol. The fourth-order valence-corrected chi connectivity index (χ4v) is 5.70. The van der Waals surface area contributed by atoms with Gasteiger partial charge in [-0.1, -0.05) is 24.3 Å². The molecule has 0 saturated carbocycles. The first-order valence-electron chi connectivity index (χ1n) is 8.30. The Labute approximate surface area is 151 Å². The zero-order valence-electron chi connectivity index (χ0n) is 13.5. The van der Waals surface area contributed by atoms with Gasteiger partial charge >= 0.3 is 11.8 Å². The van der Waals surface area contributed by atoms with E-state index in [0.717, 1.165) is 30.8 Å². The molecule has 1 unspecified atom stereocenters.